The summed E-state index contributed by atoms with van der Waals surface area (Å²) >= 11 is -1.99. The summed E-state index contributed by atoms with van der Waals surface area (Å²) in [6, 6.07) is 14.9. The minimum atomic E-state index is -1.99. The van der Waals surface area contributed by atoms with E-state index in [0.29, 0.717) is 6.54 Å². The second-order valence-electron chi connectivity index (χ2n) is 12.5. The molecule has 1 fully saturated rings. The Bertz CT molecular complexity index is 1450. The monoisotopic (exact) mass is 770 g/mol. The molecule has 260 valence electrons. The topological polar surface area (TPSA) is 47.5 Å². The van der Waals surface area contributed by atoms with Gasteiger partial charge in [0.15, 0.2) is 0 Å². The van der Waals surface area contributed by atoms with Gasteiger partial charge < -0.3 is 9.80 Å². The molecule has 0 radical (unpaired) electrons. The summed E-state index contributed by atoms with van der Waals surface area (Å²) in [5, 5.41) is 2.72. The Kier molecular flexibility index (Phi) is 15.1. The first-order valence-corrected chi connectivity index (χ1v) is 21.6. The van der Waals surface area contributed by atoms with Crippen LogP contribution < -0.4 is 15.1 Å². The molecule has 0 unspecified atom stereocenters. The fraction of sp³-hybridized carbons (Fsp3) is 0.421. The Morgan fingerprint density at radius 1 is 0.957 bits per heavy atom. The van der Waals surface area contributed by atoms with E-state index < -0.39 is 19.6 Å². The van der Waals surface area contributed by atoms with E-state index in [1.165, 1.54) is 44.8 Å². The Labute approximate surface area is 296 Å². The molecule has 0 saturated carbocycles. The van der Waals surface area contributed by atoms with Crippen molar-refractivity contribution in [1.82, 2.24) is 5.32 Å². The number of ether oxygens (including phenoxy) is 1. The van der Waals surface area contributed by atoms with Gasteiger partial charge in [0.25, 0.3) is 0 Å². The van der Waals surface area contributed by atoms with Gasteiger partial charge in [0.2, 0.25) is 0 Å². The molecule has 0 spiro atoms. The Hall–Kier alpha value is -2.60. The van der Waals surface area contributed by atoms with E-state index in [2.05, 4.69) is 106 Å². The van der Waals surface area contributed by atoms with Crippen LogP contribution in [0.25, 0.3) is 0 Å². The molecule has 1 heterocycles. The van der Waals surface area contributed by atoms with Crippen molar-refractivity contribution in [3.05, 3.63) is 101 Å². The van der Waals surface area contributed by atoms with Crippen molar-refractivity contribution in [3.63, 3.8) is 0 Å². The fourth-order valence-corrected chi connectivity index (χ4v) is 7.78. The number of anilines is 2. The summed E-state index contributed by atoms with van der Waals surface area (Å²) in [6.07, 6.45) is 1.72. The van der Waals surface area contributed by atoms with Crippen molar-refractivity contribution in [3.8, 4) is 5.75 Å². The number of nitrogens with one attached hydrogen (secondary N) is 1. The van der Waals surface area contributed by atoms with Gasteiger partial charge in [-0.3, -0.25) is 0 Å². The zero-order valence-electron chi connectivity index (χ0n) is 29.5. The van der Waals surface area contributed by atoms with E-state index in [4.69, 9.17) is 24.1 Å². The van der Waals surface area contributed by atoms with E-state index in [1.54, 1.807) is 0 Å². The van der Waals surface area contributed by atoms with Crippen molar-refractivity contribution >= 4 is 41.5 Å². The van der Waals surface area contributed by atoms with Crippen molar-refractivity contribution in [2.24, 2.45) is 0 Å². The summed E-state index contributed by atoms with van der Waals surface area (Å²) in [5.74, 6) is 0.876. The first-order valence-electron chi connectivity index (χ1n) is 16.1. The molecule has 1 amide bonds. The molecule has 1 aliphatic heterocycles. The molecule has 4 rings (SSSR count). The van der Waals surface area contributed by atoms with Crippen molar-refractivity contribution < 1.29 is 27.4 Å². The molecule has 1 saturated heterocycles. The van der Waals surface area contributed by atoms with Crippen LogP contribution in [-0.4, -0.2) is 36.4 Å². The molecule has 0 aliphatic carbocycles. The Balaban J connectivity index is 0.000000255. The molecule has 0 aromatic heterocycles. The Morgan fingerprint density at radius 3 is 1.91 bits per heavy atom. The predicted molar refractivity (Wildman–Crippen MR) is 198 cm³/mol. The fourth-order valence-electron chi connectivity index (χ4n) is 6.00. The number of aryl methyl sites for hydroxylation is 6. The van der Waals surface area contributed by atoms with Gasteiger partial charge in [-0.15, -0.1) is 0 Å². The van der Waals surface area contributed by atoms with E-state index >= 15 is 0 Å². The second kappa shape index (κ2) is 18.2. The van der Waals surface area contributed by atoms with E-state index in [1.807, 2.05) is 36.7 Å². The van der Waals surface area contributed by atoms with Gasteiger partial charge in [-0.25, -0.2) is 0 Å². The van der Waals surface area contributed by atoms with Crippen LogP contribution in [0.2, 0.25) is 0 Å². The average molecular weight is 771 g/mol. The van der Waals surface area contributed by atoms with E-state index in [0.717, 1.165) is 42.8 Å². The second-order valence-corrected chi connectivity index (χ2v) is 18.2. The third-order valence-electron chi connectivity index (χ3n) is 7.99. The summed E-state index contributed by atoms with van der Waals surface area (Å²) in [4.78, 5) is 16.4. The molecular formula is C38H52Cl2N3O3Ru-. The van der Waals surface area contributed by atoms with Crippen LogP contribution in [0.1, 0.15) is 78.1 Å². The van der Waals surface area contributed by atoms with Crippen LogP contribution >= 0.6 is 19.4 Å². The van der Waals surface area contributed by atoms with Crippen LogP contribution in [0.15, 0.2) is 42.5 Å². The zero-order valence-corrected chi connectivity index (χ0v) is 32.7. The van der Waals surface area contributed by atoms with E-state index in [-0.39, 0.29) is 12.7 Å². The number of hydrogen-bond acceptors (Lipinski definition) is 4. The molecule has 0 bridgehead atoms. The zero-order chi connectivity index (χ0) is 34.8. The third-order valence-corrected chi connectivity index (χ3v) is 9.82. The van der Waals surface area contributed by atoms with Crippen LogP contribution in [0.5, 0.6) is 5.75 Å². The van der Waals surface area contributed by atoms with Crippen molar-refractivity contribution in [2.45, 2.75) is 87.9 Å². The quantitative estimate of drug-likeness (QED) is 0.0966. The SMILES string of the molecule is Cc1cc(C)c(N2[CH-]N(c3c(C)cc(C)cc3C)CC2)c(C)c1.[CH2-][O+](c1ccc(COC(=O)NCCCC)cc1[CH]=[Ru]([Cl])[Cl])C(C)C. The molecular weight excluding hydrogens is 718 g/mol. The van der Waals surface area contributed by atoms with Gasteiger partial charge >= 0.3 is 158 Å². The summed E-state index contributed by atoms with van der Waals surface area (Å²) < 4.78 is 9.89. The molecule has 1 aliphatic rings. The number of hydrogen-bond donors (Lipinski definition) is 1. The van der Waals surface area contributed by atoms with Crippen LogP contribution in [0.3, 0.4) is 0 Å². The summed E-state index contributed by atoms with van der Waals surface area (Å²) in [5.41, 5.74) is 12.6. The standard InChI is InChI=1S/C21H27N2.C17H25NO3.2ClH.Ru/c1-14-9-16(3)20(17(4)10-14)22-7-8-23(13-22)21-18(5)11-15(2)12-19(21)6;1-6-7-10-18-17(19)20-12-15-8-9-16(14(4)11-15)21(5)13(2)3;;;/h9-13H,7-8H2,1-6H3;4,8-9,11,13H,5-7,10,12H2,1-3H3,(H,18,19);2*1H;/q-1;;;;+2/p-2. The van der Waals surface area contributed by atoms with Gasteiger partial charge in [0.1, 0.15) is 0 Å². The van der Waals surface area contributed by atoms with Gasteiger partial charge in [-0.05, 0) is 63.8 Å². The minimum absolute atomic E-state index is 0.162. The van der Waals surface area contributed by atoms with Crippen LogP contribution in [0, 0.1) is 55.3 Å². The summed E-state index contributed by atoms with van der Waals surface area (Å²) in [6.45, 7) is 24.5. The molecule has 3 aromatic rings. The number of nitrogens with zero attached hydrogens (tertiary/aromatic N) is 2. The first kappa shape index (κ1) is 38.8. The third kappa shape index (κ3) is 11.2. The van der Waals surface area contributed by atoms with Gasteiger partial charge in [0.05, 0.1) is 0 Å². The molecule has 47 heavy (non-hydrogen) atoms. The number of carbonyl (C=O) groups is 1. The van der Waals surface area contributed by atoms with Crippen molar-refractivity contribution in [2.75, 3.05) is 29.4 Å². The average Bonchev–Trinajstić information content (AvgIpc) is 3.43. The first-order chi connectivity index (χ1) is 22.2. The van der Waals surface area contributed by atoms with Crippen LogP contribution in [-0.2, 0) is 29.2 Å². The van der Waals surface area contributed by atoms with Gasteiger partial charge in [-0.1, -0.05) is 35.4 Å². The molecule has 9 heteroatoms. The number of rotatable bonds is 10. The predicted octanol–water partition coefficient (Wildman–Crippen LogP) is 10.2. The number of halogens is 2. The maximum atomic E-state index is 11.6. The molecule has 0 atom stereocenters. The number of unbranched alkanes of at least 4 members (excludes halogenated alkanes) is 1. The molecule has 1 N–H and O–H groups in total. The van der Waals surface area contributed by atoms with Crippen LogP contribution in [0.4, 0.5) is 16.2 Å². The maximum absolute atomic E-state index is 11.6. The van der Waals surface area contributed by atoms with E-state index in [9.17, 15) is 4.79 Å². The Morgan fingerprint density at radius 2 is 1.47 bits per heavy atom. The normalized spacial score (nSPS) is 12.9. The molecule has 6 nitrogen and oxygen atoms in total. The number of carbonyl (C=O) groups excluding carboxylic acids is 1. The van der Waals surface area contributed by atoms with Gasteiger partial charge in [-0.2, -0.15) is 6.67 Å². The summed E-state index contributed by atoms with van der Waals surface area (Å²) in [7, 11) is 16.0. The number of amides is 1. The number of alkyl carbamates (subject to hydrolysis) is 1. The van der Waals surface area contributed by atoms with Gasteiger partial charge in [0, 0.05) is 24.5 Å². The number of benzene rings is 3. The molecule has 3 aromatic carbocycles. The van der Waals surface area contributed by atoms with Crippen molar-refractivity contribution in [1.29, 1.82) is 0 Å².